The highest BCUT2D eigenvalue weighted by Crippen LogP contribution is 2.14. The zero-order chi connectivity index (χ0) is 20.6. The van der Waals surface area contributed by atoms with Crippen LogP contribution in [0.15, 0.2) is 60.8 Å². The number of amides is 1. The van der Waals surface area contributed by atoms with Crippen LogP contribution in [0.2, 0.25) is 0 Å². The molecule has 1 aromatic heterocycles. The Hall–Kier alpha value is -3.94. The maximum absolute atomic E-state index is 12.5. The quantitative estimate of drug-likeness (QED) is 0.596. The zero-order valence-corrected chi connectivity index (χ0v) is 16.0. The van der Waals surface area contributed by atoms with Crippen molar-refractivity contribution in [3.8, 4) is 5.75 Å². The van der Waals surface area contributed by atoms with Crippen LogP contribution >= 0.6 is 0 Å². The van der Waals surface area contributed by atoms with Crippen LogP contribution in [0.1, 0.15) is 26.4 Å². The predicted octanol–water partition coefficient (Wildman–Crippen LogP) is 3.14. The number of benzene rings is 2. The molecule has 2 aromatic carbocycles. The number of nitrogens with one attached hydrogen (secondary N) is 2. The lowest BCUT2D eigenvalue weighted by Gasteiger charge is -2.08. The summed E-state index contributed by atoms with van der Waals surface area (Å²) in [7, 11) is 2.93. The smallest absolute Gasteiger partial charge is 0.337 e. The first kappa shape index (κ1) is 19.8. The van der Waals surface area contributed by atoms with Crippen molar-refractivity contribution in [1.82, 2.24) is 9.97 Å². The minimum Gasteiger partial charge on any atom is -0.497 e. The topological polar surface area (TPSA) is 102 Å². The number of carbonyl (C=O) groups excluding carboxylic acids is 2. The Morgan fingerprint density at radius 3 is 2.34 bits per heavy atom. The Kier molecular flexibility index (Phi) is 6.36. The number of nitrogens with zero attached hydrogens (tertiary/aromatic N) is 2. The first-order valence-electron chi connectivity index (χ1n) is 8.78. The molecule has 0 fully saturated rings. The number of hydrogen-bond acceptors (Lipinski definition) is 7. The molecule has 0 atom stereocenters. The van der Waals surface area contributed by atoms with Crippen LogP contribution in [0.4, 0.5) is 11.6 Å². The van der Waals surface area contributed by atoms with Gasteiger partial charge in [-0.25, -0.2) is 14.8 Å². The second-order valence-electron chi connectivity index (χ2n) is 5.99. The lowest BCUT2D eigenvalue weighted by molar-refractivity contribution is 0.0600. The van der Waals surface area contributed by atoms with Gasteiger partial charge in [-0.15, -0.1) is 0 Å². The molecule has 3 rings (SSSR count). The van der Waals surface area contributed by atoms with Crippen LogP contribution in [-0.4, -0.2) is 36.1 Å². The van der Waals surface area contributed by atoms with E-state index in [-0.39, 0.29) is 11.6 Å². The van der Waals surface area contributed by atoms with Crippen LogP contribution < -0.4 is 15.4 Å². The second kappa shape index (κ2) is 9.32. The van der Waals surface area contributed by atoms with Crippen molar-refractivity contribution in [3.05, 3.63) is 77.6 Å². The monoisotopic (exact) mass is 392 g/mol. The second-order valence-corrected chi connectivity index (χ2v) is 5.99. The molecule has 1 amide bonds. The summed E-state index contributed by atoms with van der Waals surface area (Å²) >= 11 is 0. The minimum atomic E-state index is -0.439. The molecule has 0 aliphatic heterocycles. The highest BCUT2D eigenvalue weighted by atomic mass is 16.5. The Bertz CT molecular complexity index is 988. The van der Waals surface area contributed by atoms with E-state index in [9.17, 15) is 9.59 Å². The van der Waals surface area contributed by atoms with Crippen LogP contribution in [-0.2, 0) is 11.3 Å². The van der Waals surface area contributed by atoms with E-state index in [4.69, 9.17) is 4.74 Å². The van der Waals surface area contributed by atoms with Gasteiger partial charge in [-0.05, 0) is 48.0 Å². The molecular weight excluding hydrogens is 372 g/mol. The van der Waals surface area contributed by atoms with Crippen molar-refractivity contribution in [1.29, 1.82) is 0 Å². The SMILES string of the molecule is COC(=O)c1ccc(NC(=O)c2ccnc(NCc3ccc(OC)cc3)n2)cc1. The molecule has 148 valence electrons. The average Bonchev–Trinajstić information content (AvgIpc) is 2.78. The Morgan fingerprint density at radius 1 is 0.966 bits per heavy atom. The minimum absolute atomic E-state index is 0.217. The summed E-state index contributed by atoms with van der Waals surface area (Å²) in [5.41, 5.74) is 2.18. The fourth-order valence-electron chi connectivity index (χ4n) is 2.50. The maximum atomic E-state index is 12.5. The molecule has 0 unspecified atom stereocenters. The number of hydrogen-bond donors (Lipinski definition) is 2. The van der Waals surface area contributed by atoms with E-state index in [1.54, 1.807) is 31.4 Å². The zero-order valence-electron chi connectivity index (χ0n) is 16.0. The van der Waals surface area contributed by atoms with E-state index < -0.39 is 5.97 Å². The summed E-state index contributed by atoms with van der Waals surface area (Å²) in [5, 5.41) is 5.82. The van der Waals surface area contributed by atoms with Crippen LogP contribution in [0.3, 0.4) is 0 Å². The Morgan fingerprint density at radius 2 is 1.69 bits per heavy atom. The Balaban J connectivity index is 1.61. The molecular formula is C21H20N4O4. The van der Waals surface area contributed by atoms with Crippen LogP contribution in [0.5, 0.6) is 5.75 Å². The number of rotatable bonds is 7. The molecule has 2 N–H and O–H groups in total. The lowest BCUT2D eigenvalue weighted by atomic mass is 10.2. The van der Waals surface area contributed by atoms with E-state index >= 15 is 0 Å². The molecule has 0 saturated heterocycles. The van der Waals surface area contributed by atoms with Gasteiger partial charge in [0.1, 0.15) is 11.4 Å². The predicted molar refractivity (Wildman–Crippen MR) is 108 cm³/mol. The fraction of sp³-hybridized carbons (Fsp3) is 0.143. The number of methoxy groups -OCH3 is 2. The molecule has 8 heteroatoms. The molecule has 0 bridgehead atoms. The van der Waals surface area contributed by atoms with E-state index in [1.165, 1.54) is 19.4 Å². The Labute approximate surface area is 167 Å². The molecule has 0 radical (unpaired) electrons. The first-order chi connectivity index (χ1) is 14.1. The summed E-state index contributed by atoms with van der Waals surface area (Å²) in [6.45, 7) is 0.504. The van der Waals surface area contributed by atoms with Crippen molar-refractivity contribution >= 4 is 23.5 Å². The number of ether oxygens (including phenoxy) is 2. The van der Waals surface area contributed by atoms with Crippen molar-refractivity contribution in [3.63, 3.8) is 0 Å². The third-order valence-electron chi connectivity index (χ3n) is 4.06. The van der Waals surface area contributed by atoms with E-state index in [2.05, 4.69) is 25.3 Å². The molecule has 0 aliphatic rings. The molecule has 0 spiro atoms. The standard InChI is InChI=1S/C21H20N4O4/c1-28-17-9-3-14(4-10-17)13-23-21-22-12-11-18(25-21)19(26)24-16-7-5-15(6-8-16)20(27)29-2/h3-12H,13H2,1-2H3,(H,24,26)(H,22,23,25). The van der Waals surface area contributed by atoms with Gasteiger partial charge < -0.3 is 20.1 Å². The van der Waals surface area contributed by atoms with Gasteiger partial charge in [-0.1, -0.05) is 12.1 Å². The maximum Gasteiger partial charge on any atom is 0.337 e. The van der Waals surface area contributed by atoms with Crippen LogP contribution in [0, 0.1) is 0 Å². The van der Waals surface area contributed by atoms with Gasteiger partial charge in [-0.3, -0.25) is 4.79 Å². The number of esters is 1. The largest absolute Gasteiger partial charge is 0.497 e. The van der Waals surface area contributed by atoms with Gasteiger partial charge in [0.25, 0.3) is 5.91 Å². The first-order valence-corrected chi connectivity index (χ1v) is 8.78. The lowest BCUT2D eigenvalue weighted by Crippen LogP contribution is -2.15. The van der Waals surface area contributed by atoms with E-state index in [1.807, 2.05) is 24.3 Å². The average molecular weight is 392 g/mol. The summed E-state index contributed by atoms with van der Waals surface area (Å²) < 4.78 is 9.78. The highest BCUT2D eigenvalue weighted by Gasteiger charge is 2.10. The van der Waals surface area contributed by atoms with E-state index in [0.717, 1.165) is 11.3 Å². The molecule has 8 nitrogen and oxygen atoms in total. The number of aromatic nitrogens is 2. The summed E-state index contributed by atoms with van der Waals surface area (Å²) in [6, 6.07) is 15.5. The van der Waals surface area contributed by atoms with E-state index in [0.29, 0.717) is 23.7 Å². The summed E-state index contributed by atoms with van der Waals surface area (Å²) in [5.74, 6) is 0.301. The summed E-state index contributed by atoms with van der Waals surface area (Å²) in [4.78, 5) is 32.3. The van der Waals surface area contributed by atoms with Crippen LogP contribution in [0.25, 0.3) is 0 Å². The molecule has 1 heterocycles. The van der Waals surface area contributed by atoms with Gasteiger partial charge >= 0.3 is 5.97 Å². The number of carbonyl (C=O) groups is 2. The van der Waals surface area contributed by atoms with Gasteiger partial charge in [0.2, 0.25) is 5.95 Å². The molecule has 0 saturated carbocycles. The van der Waals surface area contributed by atoms with Crippen molar-refractivity contribution in [2.45, 2.75) is 6.54 Å². The van der Waals surface area contributed by atoms with Gasteiger partial charge in [0.05, 0.1) is 19.8 Å². The third-order valence-corrected chi connectivity index (χ3v) is 4.06. The van der Waals surface area contributed by atoms with Crippen molar-refractivity contribution in [2.75, 3.05) is 24.9 Å². The van der Waals surface area contributed by atoms with Gasteiger partial charge in [-0.2, -0.15) is 0 Å². The third kappa shape index (κ3) is 5.29. The summed E-state index contributed by atoms with van der Waals surface area (Å²) in [6.07, 6.45) is 1.51. The molecule has 3 aromatic rings. The van der Waals surface area contributed by atoms with Crippen molar-refractivity contribution in [2.24, 2.45) is 0 Å². The van der Waals surface area contributed by atoms with Gasteiger partial charge in [0.15, 0.2) is 0 Å². The highest BCUT2D eigenvalue weighted by molar-refractivity contribution is 6.03. The normalized spacial score (nSPS) is 10.1. The van der Waals surface area contributed by atoms with Crippen molar-refractivity contribution < 1.29 is 19.1 Å². The molecule has 0 aliphatic carbocycles. The number of anilines is 2. The van der Waals surface area contributed by atoms with Gasteiger partial charge in [0, 0.05) is 18.4 Å². The fourth-order valence-corrected chi connectivity index (χ4v) is 2.50. The molecule has 29 heavy (non-hydrogen) atoms.